The zero-order valence-electron chi connectivity index (χ0n) is 11.4. The second kappa shape index (κ2) is 6.95. The molecular weight excluding hydrogens is 275 g/mol. The molecule has 1 rings (SSSR count). The lowest BCUT2D eigenvalue weighted by atomic mass is 10.1. The second-order valence-electron chi connectivity index (χ2n) is 5.32. The minimum absolute atomic E-state index is 0.0274. The highest BCUT2D eigenvalue weighted by molar-refractivity contribution is 5.76. The van der Waals surface area contributed by atoms with Crippen LogP contribution in [0.3, 0.4) is 0 Å². The average Bonchev–Trinajstić information content (AvgIpc) is 3.13. The van der Waals surface area contributed by atoms with Crippen molar-refractivity contribution in [1.82, 2.24) is 4.90 Å². The number of carboxylic acids is 1. The van der Waals surface area contributed by atoms with Gasteiger partial charge in [0.1, 0.15) is 6.54 Å². The average molecular weight is 295 g/mol. The van der Waals surface area contributed by atoms with Gasteiger partial charge in [0.25, 0.3) is 0 Å². The largest absolute Gasteiger partial charge is 0.481 e. The van der Waals surface area contributed by atoms with Crippen LogP contribution in [0.5, 0.6) is 0 Å². The lowest BCUT2D eigenvalue weighted by Crippen LogP contribution is -2.45. The van der Waals surface area contributed by atoms with E-state index >= 15 is 0 Å². The van der Waals surface area contributed by atoms with Crippen LogP contribution in [0.25, 0.3) is 0 Å². The molecule has 0 bridgehead atoms. The van der Waals surface area contributed by atoms with Gasteiger partial charge in [-0.05, 0) is 38.5 Å². The maximum absolute atomic E-state index is 12.5. The predicted molar refractivity (Wildman–Crippen MR) is 66.1 cm³/mol. The summed E-state index contributed by atoms with van der Waals surface area (Å²) in [6, 6.07) is -0.399. The van der Waals surface area contributed by atoms with Gasteiger partial charge in [-0.3, -0.25) is 9.59 Å². The molecule has 0 aromatic carbocycles. The van der Waals surface area contributed by atoms with Gasteiger partial charge in [-0.15, -0.1) is 0 Å². The van der Waals surface area contributed by atoms with Crippen LogP contribution >= 0.6 is 0 Å². The van der Waals surface area contributed by atoms with E-state index in [1.165, 1.54) is 0 Å². The Bertz CT molecular complexity index is 353. The highest BCUT2D eigenvalue weighted by Crippen LogP contribution is 2.36. The van der Waals surface area contributed by atoms with Gasteiger partial charge in [0, 0.05) is 18.9 Å². The van der Waals surface area contributed by atoms with Crippen LogP contribution in [0.15, 0.2) is 0 Å². The first-order valence-corrected chi connectivity index (χ1v) is 6.78. The van der Waals surface area contributed by atoms with E-state index in [9.17, 15) is 22.8 Å². The first-order valence-electron chi connectivity index (χ1n) is 6.78. The molecule has 1 saturated carbocycles. The standard InChI is InChI=1S/C13H20F3NO3/c1-9(10-6-7-10)17(8-13(14,15)16)11(18)4-2-3-5-12(19)20/h9-10H,2-8H2,1H3,(H,19,20). The molecule has 0 aromatic rings. The molecule has 0 spiro atoms. The van der Waals surface area contributed by atoms with Crippen molar-refractivity contribution in [3.63, 3.8) is 0 Å². The molecule has 20 heavy (non-hydrogen) atoms. The van der Waals surface area contributed by atoms with Crippen molar-refractivity contribution >= 4 is 11.9 Å². The van der Waals surface area contributed by atoms with E-state index in [0.29, 0.717) is 12.8 Å². The zero-order valence-corrected chi connectivity index (χ0v) is 11.4. The maximum atomic E-state index is 12.5. The van der Waals surface area contributed by atoms with E-state index in [1.807, 2.05) is 0 Å². The third kappa shape index (κ3) is 6.25. The fourth-order valence-electron chi connectivity index (χ4n) is 2.18. The number of carbonyl (C=O) groups is 2. The van der Waals surface area contributed by atoms with Crippen LogP contribution in [0.2, 0.25) is 0 Å². The summed E-state index contributed by atoms with van der Waals surface area (Å²) in [6.45, 7) is 0.432. The van der Waals surface area contributed by atoms with Crippen LogP contribution in [0, 0.1) is 5.92 Å². The Balaban J connectivity index is 2.48. The van der Waals surface area contributed by atoms with Crippen LogP contribution < -0.4 is 0 Å². The van der Waals surface area contributed by atoms with Gasteiger partial charge < -0.3 is 10.0 Å². The molecule has 0 aliphatic heterocycles. The van der Waals surface area contributed by atoms with E-state index in [-0.39, 0.29) is 18.8 Å². The summed E-state index contributed by atoms with van der Waals surface area (Å²) in [5, 5.41) is 8.47. The van der Waals surface area contributed by atoms with Crippen LogP contribution in [0.1, 0.15) is 45.4 Å². The summed E-state index contributed by atoms with van der Waals surface area (Å²) in [7, 11) is 0. The van der Waals surface area contributed by atoms with E-state index < -0.39 is 30.6 Å². The number of nitrogens with zero attached hydrogens (tertiary/aromatic N) is 1. The van der Waals surface area contributed by atoms with E-state index in [4.69, 9.17) is 5.11 Å². The van der Waals surface area contributed by atoms with Gasteiger partial charge in [-0.1, -0.05) is 0 Å². The van der Waals surface area contributed by atoms with Crippen molar-refractivity contribution < 1.29 is 27.9 Å². The fraction of sp³-hybridized carbons (Fsp3) is 0.846. The normalized spacial score (nSPS) is 16.8. The van der Waals surface area contributed by atoms with E-state index in [0.717, 1.165) is 17.7 Å². The quantitative estimate of drug-likeness (QED) is 0.701. The second-order valence-corrected chi connectivity index (χ2v) is 5.32. The lowest BCUT2D eigenvalue weighted by molar-refractivity contribution is -0.166. The third-order valence-electron chi connectivity index (χ3n) is 3.50. The molecule has 0 saturated heterocycles. The number of hydrogen-bond acceptors (Lipinski definition) is 2. The van der Waals surface area contributed by atoms with Crippen molar-refractivity contribution in [3.05, 3.63) is 0 Å². The molecule has 1 aliphatic rings. The summed E-state index contributed by atoms with van der Waals surface area (Å²) >= 11 is 0. The summed E-state index contributed by atoms with van der Waals surface area (Å²) in [6.07, 6.45) is -2.16. The predicted octanol–water partition coefficient (Wildman–Crippen LogP) is 2.82. The number of carboxylic acid groups (broad SMARTS) is 1. The monoisotopic (exact) mass is 295 g/mol. The highest BCUT2D eigenvalue weighted by Gasteiger charge is 2.40. The van der Waals surface area contributed by atoms with Gasteiger partial charge in [0.2, 0.25) is 5.91 Å². The van der Waals surface area contributed by atoms with Gasteiger partial charge >= 0.3 is 12.1 Å². The lowest BCUT2D eigenvalue weighted by Gasteiger charge is -2.30. The highest BCUT2D eigenvalue weighted by atomic mass is 19.4. The topological polar surface area (TPSA) is 57.6 Å². The summed E-state index contributed by atoms with van der Waals surface area (Å²) in [5.74, 6) is -1.33. The van der Waals surface area contributed by atoms with Crippen molar-refractivity contribution in [2.45, 2.75) is 57.7 Å². The first-order chi connectivity index (χ1) is 9.20. The molecule has 1 amide bonds. The molecule has 7 heteroatoms. The molecule has 0 aromatic heterocycles. The number of hydrogen-bond donors (Lipinski definition) is 1. The van der Waals surface area contributed by atoms with Crippen molar-refractivity contribution in [2.24, 2.45) is 5.92 Å². The Hall–Kier alpha value is -1.27. The van der Waals surface area contributed by atoms with Gasteiger partial charge in [-0.25, -0.2) is 0 Å². The number of alkyl halides is 3. The molecule has 1 unspecified atom stereocenters. The Morgan fingerprint density at radius 1 is 1.25 bits per heavy atom. The fourth-order valence-corrected chi connectivity index (χ4v) is 2.18. The Morgan fingerprint density at radius 3 is 2.25 bits per heavy atom. The zero-order chi connectivity index (χ0) is 15.3. The van der Waals surface area contributed by atoms with Gasteiger partial charge in [-0.2, -0.15) is 13.2 Å². The number of amides is 1. The van der Waals surface area contributed by atoms with E-state index in [1.54, 1.807) is 6.92 Å². The Labute approximate surface area is 115 Å². The van der Waals surface area contributed by atoms with Gasteiger partial charge in [0.15, 0.2) is 0 Å². The molecule has 1 aliphatic carbocycles. The van der Waals surface area contributed by atoms with Crippen LogP contribution in [0.4, 0.5) is 13.2 Å². The minimum Gasteiger partial charge on any atom is -0.481 e. The molecule has 116 valence electrons. The van der Waals surface area contributed by atoms with Crippen LogP contribution in [-0.2, 0) is 9.59 Å². The smallest absolute Gasteiger partial charge is 0.406 e. The summed E-state index contributed by atoms with van der Waals surface area (Å²) in [5.41, 5.74) is 0. The molecule has 1 fully saturated rings. The molecule has 0 heterocycles. The van der Waals surface area contributed by atoms with E-state index in [2.05, 4.69) is 0 Å². The summed E-state index contributed by atoms with van der Waals surface area (Å²) < 4.78 is 37.6. The number of carbonyl (C=O) groups excluding carboxylic acids is 1. The third-order valence-corrected chi connectivity index (χ3v) is 3.50. The SMILES string of the molecule is CC(C1CC1)N(CC(F)(F)F)C(=O)CCCCC(=O)O. The first kappa shape index (κ1) is 16.8. The molecular formula is C13H20F3NO3. The maximum Gasteiger partial charge on any atom is 0.406 e. The number of rotatable bonds is 8. The van der Waals surface area contributed by atoms with Crippen molar-refractivity contribution in [2.75, 3.05) is 6.54 Å². The van der Waals surface area contributed by atoms with Crippen molar-refractivity contribution in [3.8, 4) is 0 Å². The molecule has 0 radical (unpaired) electrons. The number of aliphatic carboxylic acids is 1. The minimum atomic E-state index is -4.40. The Morgan fingerprint density at radius 2 is 1.80 bits per heavy atom. The Kier molecular flexibility index (Phi) is 5.83. The molecule has 1 N–H and O–H groups in total. The van der Waals surface area contributed by atoms with Crippen molar-refractivity contribution in [1.29, 1.82) is 0 Å². The van der Waals surface area contributed by atoms with Crippen LogP contribution in [-0.4, -0.2) is 40.6 Å². The van der Waals surface area contributed by atoms with Gasteiger partial charge in [0.05, 0.1) is 0 Å². The molecule has 1 atom stereocenters. The summed E-state index contributed by atoms with van der Waals surface area (Å²) in [4.78, 5) is 23.1. The number of unbranched alkanes of at least 4 members (excludes halogenated alkanes) is 1. The molecule has 4 nitrogen and oxygen atoms in total. The number of halogens is 3.